The van der Waals surface area contributed by atoms with Crippen molar-refractivity contribution in [1.29, 1.82) is 0 Å². The van der Waals surface area contributed by atoms with Crippen molar-refractivity contribution in [1.82, 2.24) is 19.4 Å². The number of rotatable bonds is 9. The molecule has 1 amide bonds. The molecule has 3 heterocycles. The molecule has 2 atom stereocenters. The molecule has 1 saturated heterocycles. The zero-order chi connectivity index (χ0) is 29.2. The predicted molar refractivity (Wildman–Crippen MR) is 131 cm³/mol. The van der Waals surface area contributed by atoms with Crippen molar-refractivity contribution in [3.8, 4) is 5.88 Å². The van der Waals surface area contributed by atoms with Gasteiger partial charge in [0.05, 0.1) is 25.7 Å². The number of nitrogens with one attached hydrogen (secondary N) is 1. The van der Waals surface area contributed by atoms with Crippen LogP contribution in [0.2, 0.25) is 0 Å². The minimum atomic E-state index is -3.11. The molecule has 0 bridgehead atoms. The smallest absolute Gasteiger partial charge is 0.295 e. The van der Waals surface area contributed by atoms with Gasteiger partial charge in [0, 0.05) is 50.1 Å². The average molecular weight is 572 g/mol. The third-order valence-corrected chi connectivity index (χ3v) is 6.83. The number of ether oxygens (including phenoxy) is 1. The van der Waals surface area contributed by atoms with E-state index in [1.54, 1.807) is 0 Å². The van der Waals surface area contributed by atoms with Crippen LogP contribution in [0, 0.1) is 11.6 Å². The second kappa shape index (κ2) is 11.8. The number of carbonyl (C=O) groups excluding carboxylic acids is 1. The van der Waals surface area contributed by atoms with Crippen molar-refractivity contribution in [2.45, 2.75) is 50.8 Å². The molecule has 8 nitrogen and oxygen atoms in total. The van der Waals surface area contributed by atoms with E-state index in [0.29, 0.717) is 6.07 Å². The van der Waals surface area contributed by atoms with E-state index in [1.165, 1.54) is 31.2 Å². The summed E-state index contributed by atoms with van der Waals surface area (Å²) in [5.41, 5.74) is 0.479. The monoisotopic (exact) mass is 571 g/mol. The van der Waals surface area contributed by atoms with Gasteiger partial charge < -0.3 is 19.7 Å². The lowest BCUT2D eigenvalue weighted by Gasteiger charge is -2.40. The van der Waals surface area contributed by atoms with Crippen molar-refractivity contribution >= 4 is 11.7 Å². The van der Waals surface area contributed by atoms with Gasteiger partial charge in [0.2, 0.25) is 11.8 Å². The van der Waals surface area contributed by atoms with Crippen molar-refractivity contribution < 1.29 is 41.0 Å². The largest absolute Gasteiger partial charge is 0.481 e. The number of likely N-dealkylation sites (tertiary alicyclic amines) is 1. The number of aliphatic hydroxyl groups is 1. The summed E-state index contributed by atoms with van der Waals surface area (Å²) >= 11 is 0. The molecule has 1 fully saturated rings. The van der Waals surface area contributed by atoms with E-state index in [0.717, 1.165) is 22.9 Å². The second-order valence-corrected chi connectivity index (χ2v) is 9.51. The first-order valence-electron chi connectivity index (χ1n) is 12.3. The molecule has 1 aliphatic rings. The van der Waals surface area contributed by atoms with Crippen molar-refractivity contribution in [2.75, 3.05) is 25.5 Å². The third-order valence-electron chi connectivity index (χ3n) is 6.83. The number of methoxy groups -OCH3 is 1. The molecule has 216 valence electrons. The molecule has 1 aliphatic heterocycles. The zero-order valence-electron chi connectivity index (χ0n) is 21.6. The lowest BCUT2D eigenvalue weighted by molar-refractivity contribution is -0.125. The molecule has 3 aromatic rings. The number of carbonyl (C=O) groups is 1. The summed E-state index contributed by atoms with van der Waals surface area (Å²) < 4.78 is 90.2. The third kappa shape index (κ3) is 6.39. The lowest BCUT2D eigenvalue weighted by Crippen LogP contribution is -2.52. The van der Waals surface area contributed by atoms with Gasteiger partial charge in [-0.05, 0) is 36.2 Å². The van der Waals surface area contributed by atoms with Crippen LogP contribution in [-0.2, 0) is 17.9 Å². The fourth-order valence-electron chi connectivity index (χ4n) is 4.72. The molecule has 40 heavy (non-hydrogen) atoms. The Bertz CT molecular complexity index is 1350. The molecule has 4 rings (SSSR count). The minimum Gasteiger partial charge on any atom is -0.481 e. The Kier molecular flexibility index (Phi) is 8.68. The highest BCUT2D eigenvalue weighted by Gasteiger charge is 2.46. The number of pyridine rings is 1. The number of anilines is 1. The number of alkyl halides is 4. The van der Waals surface area contributed by atoms with Crippen molar-refractivity contribution in [3.05, 3.63) is 70.8 Å². The van der Waals surface area contributed by atoms with E-state index in [2.05, 4.69) is 15.3 Å². The fourth-order valence-corrected chi connectivity index (χ4v) is 4.72. The van der Waals surface area contributed by atoms with Crippen LogP contribution in [0.25, 0.3) is 0 Å². The maximum absolute atomic E-state index is 14.9. The summed E-state index contributed by atoms with van der Waals surface area (Å²) in [6.07, 6.45) is -1.24. The molecular weight excluding hydrogens is 544 g/mol. The van der Waals surface area contributed by atoms with Gasteiger partial charge >= 0.3 is 0 Å². The van der Waals surface area contributed by atoms with E-state index < -0.39 is 60.7 Å². The Morgan fingerprint density at radius 2 is 1.93 bits per heavy atom. The standard InChI is InChI=1S/C26H27F6N5O3/c1-14(36-4-3-26(31,32)20(11-36)16-7-17(13-38)25(40-2)33-9-16)24(39)35-21-12-37(23(34-21)22(29)30)10-15-5-18(27)8-19(28)6-15/h5-9,12,14,20,22,38H,3-4,10-11,13H2,1-2H3,(H,35,39)/t14-,20?/m0/s1. The minimum absolute atomic E-state index is 0.0701. The molecule has 0 spiro atoms. The molecule has 14 heteroatoms. The number of benzene rings is 1. The first-order chi connectivity index (χ1) is 18.9. The van der Waals surface area contributed by atoms with Crippen LogP contribution in [0.4, 0.5) is 32.2 Å². The van der Waals surface area contributed by atoms with Gasteiger partial charge in [-0.1, -0.05) is 0 Å². The lowest BCUT2D eigenvalue weighted by atomic mass is 9.86. The molecule has 0 radical (unpaired) electrons. The number of piperidine rings is 1. The Balaban J connectivity index is 1.50. The van der Waals surface area contributed by atoms with E-state index in [9.17, 15) is 36.2 Å². The van der Waals surface area contributed by atoms with Crippen molar-refractivity contribution in [3.63, 3.8) is 0 Å². The Labute approximate surface area is 225 Å². The van der Waals surface area contributed by atoms with E-state index in [-0.39, 0.29) is 48.0 Å². The van der Waals surface area contributed by atoms with Gasteiger partial charge in [-0.3, -0.25) is 9.69 Å². The Hall–Kier alpha value is -3.65. The predicted octanol–water partition coefficient (Wildman–Crippen LogP) is 4.49. The van der Waals surface area contributed by atoms with Crippen LogP contribution in [-0.4, -0.2) is 62.6 Å². The van der Waals surface area contributed by atoms with E-state index >= 15 is 0 Å². The van der Waals surface area contributed by atoms with Crippen LogP contribution < -0.4 is 10.1 Å². The fraction of sp³-hybridized carbons (Fsp3) is 0.423. The average Bonchev–Trinajstić information content (AvgIpc) is 3.29. The maximum atomic E-state index is 14.9. The van der Waals surface area contributed by atoms with Crippen LogP contribution in [0.1, 0.15) is 48.2 Å². The summed E-state index contributed by atoms with van der Waals surface area (Å²) in [6.45, 7) is 0.355. The number of aromatic nitrogens is 3. The van der Waals surface area contributed by atoms with Crippen LogP contribution >= 0.6 is 0 Å². The molecule has 0 saturated carbocycles. The van der Waals surface area contributed by atoms with Gasteiger partial charge in [0.15, 0.2) is 11.6 Å². The highest BCUT2D eigenvalue weighted by atomic mass is 19.3. The van der Waals surface area contributed by atoms with Crippen LogP contribution in [0.5, 0.6) is 5.88 Å². The maximum Gasteiger partial charge on any atom is 0.295 e. The molecular formula is C26H27F6N5O3. The summed E-state index contributed by atoms with van der Waals surface area (Å²) in [5.74, 6) is -7.71. The molecule has 0 aliphatic carbocycles. The van der Waals surface area contributed by atoms with Crippen LogP contribution in [0.3, 0.4) is 0 Å². The topological polar surface area (TPSA) is 92.5 Å². The summed E-state index contributed by atoms with van der Waals surface area (Å²) in [5, 5.41) is 12.0. The van der Waals surface area contributed by atoms with E-state index in [4.69, 9.17) is 4.74 Å². The number of imidazole rings is 1. The van der Waals surface area contributed by atoms with Crippen LogP contribution in [0.15, 0.2) is 36.7 Å². The molecule has 1 unspecified atom stereocenters. The normalized spacial score (nSPS) is 18.1. The van der Waals surface area contributed by atoms with Gasteiger partial charge in [-0.15, -0.1) is 0 Å². The number of aliphatic hydroxyl groups excluding tert-OH is 1. The molecule has 1 aromatic carbocycles. The molecule has 2 N–H and O–H groups in total. The van der Waals surface area contributed by atoms with Crippen molar-refractivity contribution in [2.24, 2.45) is 0 Å². The number of hydrogen-bond acceptors (Lipinski definition) is 6. The second-order valence-electron chi connectivity index (χ2n) is 9.51. The quantitative estimate of drug-likeness (QED) is 0.368. The van der Waals surface area contributed by atoms with Gasteiger partial charge in [-0.25, -0.2) is 36.3 Å². The van der Waals surface area contributed by atoms with Gasteiger partial charge in [0.25, 0.3) is 12.3 Å². The Morgan fingerprint density at radius 1 is 1.23 bits per heavy atom. The first kappa shape index (κ1) is 29.3. The highest BCUT2D eigenvalue weighted by molar-refractivity contribution is 5.93. The summed E-state index contributed by atoms with van der Waals surface area (Å²) in [4.78, 5) is 22.3. The SMILES string of the molecule is COc1ncc(C2CN([C@@H](C)C(=O)Nc3cn(Cc4cc(F)cc(F)c4)c(C(F)F)n3)CCC2(F)F)cc1CO. The number of amides is 1. The summed E-state index contributed by atoms with van der Waals surface area (Å²) in [7, 11) is 1.34. The highest BCUT2D eigenvalue weighted by Crippen LogP contribution is 2.41. The Morgan fingerprint density at radius 3 is 2.55 bits per heavy atom. The van der Waals surface area contributed by atoms with Gasteiger partial charge in [0.1, 0.15) is 11.6 Å². The number of halogens is 6. The molecule has 2 aromatic heterocycles. The summed E-state index contributed by atoms with van der Waals surface area (Å²) in [6, 6.07) is 3.07. The number of hydrogen-bond donors (Lipinski definition) is 2. The zero-order valence-corrected chi connectivity index (χ0v) is 21.6. The number of nitrogens with zero attached hydrogens (tertiary/aromatic N) is 4. The first-order valence-corrected chi connectivity index (χ1v) is 12.3. The van der Waals surface area contributed by atoms with Gasteiger partial charge in [-0.2, -0.15) is 0 Å². The van der Waals surface area contributed by atoms with E-state index in [1.807, 2.05) is 0 Å².